The molecule has 0 radical (unpaired) electrons. The number of nitrogens with zero attached hydrogens (tertiary/aromatic N) is 1. The zero-order chi connectivity index (χ0) is 11.7. The van der Waals surface area contributed by atoms with Crippen molar-refractivity contribution < 1.29 is 0 Å². The van der Waals surface area contributed by atoms with Gasteiger partial charge in [-0.15, -0.1) is 0 Å². The second-order valence-corrected chi connectivity index (χ2v) is 5.75. The normalized spacial score (nSPS) is 25.1. The average molecular weight is 303 g/mol. The van der Waals surface area contributed by atoms with Crippen molar-refractivity contribution >= 4 is 33.2 Å². The molecule has 1 aromatic rings. The number of hydrogen-bond acceptors (Lipinski definition) is 1. The van der Waals surface area contributed by atoms with Crippen LogP contribution in [0.25, 0.3) is 0 Å². The molecule has 0 spiro atoms. The summed E-state index contributed by atoms with van der Waals surface area (Å²) in [4.78, 5) is 2.50. The lowest BCUT2D eigenvalue weighted by Crippen LogP contribution is -2.27. The zero-order valence-electron chi connectivity index (χ0n) is 9.71. The van der Waals surface area contributed by atoms with Crippen LogP contribution in [0.3, 0.4) is 0 Å². The van der Waals surface area contributed by atoms with Crippen LogP contribution in [-0.4, -0.2) is 12.6 Å². The molecule has 1 nitrogen and oxygen atoms in total. The number of halogens is 2. The van der Waals surface area contributed by atoms with Gasteiger partial charge in [0.25, 0.3) is 0 Å². The third-order valence-corrected chi connectivity index (χ3v) is 4.12. The van der Waals surface area contributed by atoms with Crippen LogP contribution in [0, 0.1) is 5.92 Å². The van der Waals surface area contributed by atoms with E-state index in [0.29, 0.717) is 6.04 Å². The lowest BCUT2D eigenvalue weighted by molar-refractivity contribution is 0.625. The highest BCUT2D eigenvalue weighted by atomic mass is 79.9. The summed E-state index contributed by atoms with van der Waals surface area (Å²) in [6.45, 7) is 5.78. The van der Waals surface area contributed by atoms with Crippen molar-refractivity contribution in [3.8, 4) is 0 Å². The molecular weight excluding hydrogens is 286 g/mol. The second-order valence-electron chi connectivity index (χ2n) is 4.75. The molecule has 1 aromatic carbocycles. The molecule has 3 heteroatoms. The van der Waals surface area contributed by atoms with E-state index in [1.807, 2.05) is 6.07 Å². The summed E-state index contributed by atoms with van der Waals surface area (Å²) in [5.41, 5.74) is 2.62. The Bertz CT molecular complexity index is 380. The quantitative estimate of drug-likeness (QED) is 0.729. The maximum atomic E-state index is 6.03. The van der Waals surface area contributed by atoms with Gasteiger partial charge in [-0.1, -0.05) is 34.5 Å². The Morgan fingerprint density at radius 3 is 2.75 bits per heavy atom. The van der Waals surface area contributed by atoms with E-state index in [1.165, 1.54) is 17.7 Å². The van der Waals surface area contributed by atoms with Crippen molar-refractivity contribution in [2.45, 2.75) is 31.6 Å². The van der Waals surface area contributed by atoms with Crippen LogP contribution in [0.2, 0.25) is 5.02 Å². The van der Waals surface area contributed by atoms with E-state index in [2.05, 4.69) is 46.8 Å². The minimum atomic E-state index is 0.633. The van der Waals surface area contributed by atoms with E-state index < -0.39 is 0 Å². The van der Waals surface area contributed by atoms with E-state index in [9.17, 15) is 0 Å². The highest BCUT2D eigenvalue weighted by Gasteiger charge is 2.27. The smallest absolute Gasteiger partial charge is 0.0410 e. The Kier molecular flexibility index (Phi) is 3.81. The van der Waals surface area contributed by atoms with Gasteiger partial charge in [0.1, 0.15) is 0 Å². The standard InChI is InChI=1S/C13H17BrClN/c1-9-5-10(2)16(8-9)13-4-3-12(15)6-11(13)7-14/h3-4,6,9-10H,5,7-8H2,1-2H3. The van der Waals surface area contributed by atoms with Gasteiger partial charge in [-0.25, -0.2) is 0 Å². The SMILES string of the molecule is CC1CC(C)N(c2ccc(Cl)cc2CBr)C1. The molecule has 2 atom stereocenters. The molecule has 1 aliphatic heterocycles. The van der Waals surface area contributed by atoms with Gasteiger partial charge in [0.15, 0.2) is 0 Å². The monoisotopic (exact) mass is 301 g/mol. The molecule has 1 saturated heterocycles. The van der Waals surface area contributed by atoms with Crippen molar-refractivity contribution in [1.82, 2.24) is 0 Å². The van der Waals surface area contributed by atoms with Crippen molar-refractivity contribution in [3.63, 3.8) is 0 Å². The Morgan fingerprint density at radius 1 is 1.44 bits per heavy atom. The molecule has 88 valence electrons. The lowest BCUT2D eigenvalue weighted by Gasteiger charge is -2.26. The first-order chi connectivity index (χ1) is 7.61. The molecule has 0 amide bonds. The molecule has 1 heterocycles. The maximum absolute atomic E-state index is 6.03. The average Bonchev–Trinajstić information content (AvgIpc) is 2.57. The Morgan fingerprint density at radius 2 is 2.19 bits per heavy atom. The maximum Gasteiger partial charge on any atom is 0.0410 e. The largest absolute Gasteiger partial charge is 0.368 e. The molecule has 0 saturated carbocycles. The molecule has 1 fully saturated rings. The Balaban J connectivity index is 2.32. The van der Waals surface area contributed by atoms with Crippen LogP contribution in [0.15, 0.2) is 18.2 Å². The summed E-state index contributed by atoms with van der Waals surface area (Å²) in [5.74, 6) is 0.786. The van der Waals surface area contributed by atoms with E-state index >= 15 is 0 Å². The fourth-order valence-corrected chi connectivity index (χ4v) is 3.22. The summed E-state index contributed by atoms with van der Waals surface area (Å²) in [6, 6.07) is 6.82. The van der Waals surface area contributed by atoms with Gasteiger partial charge < -0.3 is 4.90 Å². The van der Waals surface area contributed by atoms with Gasteiger partial charge in [-0.2, -0.15) is 0 Å². The molecular formula is C13H17BrClN. The van der Waals surface area contributed by atoms with Crippen molar-refractivity contribution in [2.24, 2.45) is 5.92 Å². The number of anilines is 1. The number of hydrogen-bond donors (Lipinski definition) is 0. The van der Waals surface area contributed by atoms with E-state index in [-0.39, 0.29) is 0 Å². The minimum Gasteiger partial charge on any atom is -0.368 e. The Hall–Kier alpha value is -0.210. The molecule has 2 rings (SSSR count). The molecule has 0 aliphatic carbocycles. The predicted octanol–water partition coefficient (Wildman–Crippen LogP) is 4.47. The highest BCUT2D eigenvalue weighted by Crippen LogP contribution is 2.33. The first-order valence-electron chi connectivity index (χ1n) is 5.73. The summed E-state index contributed by atoms with van der Waals surface area (Å²) < 4.78 is 0. The van der Waals surface area contributed by atoms with Gasteiger partial charge in [-0.3, -0.25) is 0 Å². The number of alkyl halides is 1. The van der Waals surface area contributed by atoms with E-state index in [4.69, 9.17) is 11.6 Å². The molecule has 2 unspecified atom stereocenters. The lowest BCUT2D eigenvalue weighted by atomic mass is 10.1. The van der Waals surface area contributed by atoms with Crippen LogP contribution in [0.4, 0.5) is 5.69 Å². The van der Waals surface area contributed by atoms with Crippen LogP contribution < -0.4 is 4.90 Å². The minimum absolute atomic E-state index is 0.633. The first kappa shape index (κ1) is 12.3. The van der Waals surface area contributed by atoms with Crippen molar-refractivity contribution in [3.05, 3.63) is 28.8 Å². The fraction of sp³-hybridized carbons (Fsp3) is 0.538. The fourth-order valence-electron chi connectivity index (χ4n) is 2.58. The van der Waals surface area contributed by atoms with Crippen molar-refractivity contribution in [1.29, 1.82) is 0 Å². The van der Waals surface area contributed by atoms with Crippen LogP contribution in [-0.2, 0) is 5.33 Å². The molecule has 0 N–H and O–H groups in total. The van der Waals surface area contributed by atoms with Gasteiger partial charge in [0.05, 0.1) is 0 Å². The van der Waals surface area contributed by atoms with Gasteiger partial charge in [0, 0.05) is 28.6 Å². The molecule has 1 aliphatic rings. The van der Waals surface area contributed by atoms with E-state index in [1.54, 1.807) is 0 Å². The third-order valence-electron chi connectivity index (χ3n) is 3.28. The zero-order valence-corrected chi connectivity index (χ0v) is 12.1. The Labute approximate surface area is 111 Å². The van der Waals surface area contributed by atoms with Gasteiger partial charge >= 0.3 is 0 Å². The summed E-state index contributed by atoms with van der Waals surface area (Å²) in [6.07, 6.45) is 1.28. The van der Waals surface area contributed by atoms with Crippen molar-refractivity contribution in [2.75, 3.05) is 11.4 Å². The molecule has 16 heavy (non-hydrogen) atoms. The van der Waals surface area contributed by atoms with Gasteiger partial charge in [-0.05, 0) is 43.0 Å². The first-order valence-corrected chi connectivity index (χ1v) is 7.22. The second kappa shape index (κ2) is 4.97. The summed E-state index contributed by atoms with van der Waals surface area (Å²) in [7, 11) is 0. The predicted molar refractivity (Wildman–Crippen MR) is 74.7 cm³/mol. The van der Waals surface area contributed by atoms with Crippen LogP contribution >= 0.6 is 27.5 Å². The number of benzene rings is 1. The van der Waals surface area contributed by atoms with Gasteiger partial charge in [0.2, 0.25) is 0 Å². The summed E-state index contributed by atoms with van der Waals surface area (Å²) >= 11 is 9.57. The van der Waals surface area contributed by atoms with E-state index in [0.717, 1.165) is 22.8 Å². The summed E-state index contributed by atoms with van der Waals surface area (Å²) in [5, 5.41) is 1.68. The highest BCUT2D eigenvalue weighted by molar-refractivity contribution is 9.08. The molecule has 0 bridgehead atoms. The topological polar surface area (TPSA) is 3.24 Å². The number of rotatable bonds is 2. The van der Waals surface area contributed by atoms with Crippen LogP contribution in [0.5, 0.6) is 0 Å². The third kappa shape index (κ3) is 2.38. The molecule has 0 aromatic heterocycles. The van der Waals surface area contributed by atoms with Crippen LogP contribution in [0.1, 0.15) is 25.8 Å².